The summed E-state index contributed by atoms with van der Waals surface area (Å²) in [6.45, 7) is 2.70. The van der Waals surface area contributed by atoms with Crippen molar-refractivity contribution in [2.45, 2.75) is 29.9 Å². The molecule has 0 N–H and O–H groups in total. The quantitative estimate of drug-likeness (QED) is 0.668. The molecule has 0 saturated carbocycles. The van der Waals surface area contributed by atoms with E-state index in [1.54, 1.807) is 16.6 Å². The molecule has 1 spiro atoms. The number of benzene rings is 2. The summed E-state index contributed by atoms with van der Waals surface area (Å²) in [5, 5.41) is 0. The van der Waals surface area contributed by atoms with E-state index in [9.17, 15) is 8.42 Å². The Kier molecular flexibility index (Phi) is 4.50. The second kappa shape index (κ2) is 7.06. The van der Waals surface area contributed by atoms with Crippen molar-refractivity contribution in [3.8, 4) is 0 Å². The van der Waals surface area contributed by atoms with Gasteiger partial charge in [-0.3, -0.25) is 9.88 Å². The summed E-state index contributed by atoms with van der Waals surface area (Å²) in [5.74, 6) is 0. The van der Waals surface area contributed by atoms with Crippen LogP contribution in [0.15, 0.2) is 84.0 Å². The lowest BCUT2D eigenvalue weighted by atomic mass is 9.88. The molecule has 1 fully saturated rings. The summed E-state index contributed by atoms with van der Waals surface area (Å²) in [6.07, 6.45) is 4.44. The van der Waals surface area contributed by atoms with Gasteiger partial charge in [0.1, 0.15) is 0 Å². The minimum absolute atomic E-state index is 0.387. The van der Waals surface area contributed by atoms with Crippen LogP contribution in [0.4, 0.5) is 0 Å². The van der Waals surface area contributed by atoms with Gasteiger partial charge in [0.05, 0.1) is 10.4 Å². The lowest BCUT2D eigenvalue weighted by Gasteiger charge is -2.34. The Morgan fingerprint density at radius 3 is 2.45 bits per heavy atom. The third kappa shape index (κ3) is 3.08. The molecule has 5 nitrogen and oxygen atoms in total. The second-order valence-electron chi connectivity index (χ2n) is 7.85. The highest BCUT2D eigenvalue weighted by molar-refractivity contribution is 7.89. The van der Waals surface area contributed by atoms with Crippen molar-refractivity contribution in [3.05, 3.63) is 95.8 Å². The van der Waals surface area contributed by atoms with Gasteiger partial charge in [-0.05, 0) is 35.2 Å². The van der Waals surface area contributed by atoms with Gasteiger partial charge in [0.2, 0.25) is 10.0 Å². The molecule has 0 amide bonds. The highest BCUT2D eigenvalue weighted by Gasteiger charge is 2.56. The lowest BCUT2D eigenvalue weighted by Crippen LogP contribution is -2.45. The van der Waals surface area contributed by atoms with E-state index < -0.39 is 15.6 Å². The average molecular weight is 406 g/mol. The van der Waals surface area contributed by atoms with Gasteiger partial charge in [-0.25, -0.2) is 8.42 Å². The molecule has 0 aliphatic carbocycles. The number of hydrogen-bond acceptors (Lipinski definition) is 4. The van der Waals surface area contributed by atoms with E-state index in [0.29, 0.717) is 18.0 Å². The standard InChI is InChI=1S/C23H23N3O2S/c27-29(28)22-11-5-4-10-21(22)23(26(29)17-19-7-2-1-3-8-19)12-14-25(18-23)16-20-9-6-13-24-15-20/h1-11,13,15H,12,14,16-18H2/t23-/m0/s1. The van der Waals surface area contributed by atoms with Crippen LogP contribution in [0.3, 0.4) is 0 Å². The molecule has 2 aromatic carbocycles. The van der Waals surface area contributed by atoms with Crippen LogP contribution in [0.25, 0.3) is 0 Å². The molecule has 2 aliphatic heterocycles. The molecule has 3 heterocycles. The minimum atomic E-state index is -3.54. The molecule has 0 unspecified atom stereocenters. The van der Waals surface area contributed by atoms with Crippen molar-refractivity contribution < 1.29 is 8.42 Å². The molecule has 0 bridgehead atoms. The van der Waals surface area contributed by atoms with Crippen LogP contribution in [0.5, 0.6) is 0 Å². The maximum absolute atomic E-state index is 13.5. The third-order valence-corrected chi connectivity index (χ3v) is 8.03. The smallest absolute Gasteiger partial charge is 0.244 e. The Balaban J connectivity index is 1.53. The van der Waals surface area contributed by atoms with Gasteiger partial charge in [-0.1, -0.05) is 54.6 Å². The molecule has 1 atom stereocenters. The number of hydrogen-bond donors (Lipinski definition) is 0. The number of rotatable bonds is 4. The molecule has 148 valence electrons. The van der Waals surface area contributed by atoms with Crippen LogP contribution in [0.1, 0.15) is 23.1 Å². The molecule has 2 aliphatic rings. The topological polar surface area (TPSA) is 53.5 Å². The Hall–Kier alpha value is -2.54. The third-order valence-electron chi connectivity index (χ3n) is 6.06. The van der Waals surface area contributed by atoms with E-state index in [-0.39, 0.29) is 0 Å². The molecular weight excluding hydrogens is 382 g/mol. The molecule has 29 heavy (non-hydrogen) atoms. The van der Waals surface area contributed by atoms with Crippen LogP contribution in [0.2, 0.25) is 0 Å². The fourth-order valence-corrected chi connectivity index (χ4v) is 6.77. The van der Waals surface area contributed by atoms with Gasteiger partial charge in [0.15, 0.2) is 0 Å². The molecule has 3 aromatic rings. The number of aromatic nitrogens is 1. The molecule has 1 aromatic heterocycles. The van der Waals surface area contributed by atoms with Gasteiger partial charge < -0.3 is 0 Å². The van der Waals surface area contributed by atoms with Crippen molar-refractivity contribution in [2.24, 2.45) is 0 Å². The summed E-state index contributed by atoms with van der Waals surface area (Å²) in [4.78, 5) is 7.01. The number of sulfonamides is 1. The van der Waals surface area contributed by atoms with Gasteiger partial charge in [0, 0.05) is 38.6 Å². The Morgan fingerprint density at radius 2 is 1.66 bits per heavy atom. The highest BCUT2D eigenvalue weighted by atomic mass is 32.2. The Bertz CT molecular complexity index is 1120. The van der Waals surface area contributed by atoms with Gasteiger partial charge >= 0.3 is 0 Å². The van der Waals surface area contributed by atoms with Crippen molar-refractivity contribution >= 4 is 10.0 Å². The molecule has 5 rings (SSSR count). The average Bonchev–Trinajstić information content (AvgIpc) is 3.24. The molecule has 0 radical (unpaired) electrons. The number of nitrogens with zero attached hydrogens (tertiary/aromatic N) is 3. The first kappa shape index (κ1) is 18.5. The van der Waals surface area contributed by atoms with Gasteiger partial charge in [0.25, 0.3) is 0 Å². The summed E-state index contributed by atoms with van der Waals surface area (Å²) >= 11 is 0. The van der Waals surface area contributed by atoms with E-state index in [2.05, 4.69) is 16.0 Å². The Labute approximate surface area is 171 Å². The predicted molar refractivity (Wildman–Crippen MR) is 111 cm³/mol. The van der Waals surface area contributed by atoms with Crippen LogP contribution in [0, 0.1) is 0 Å². The first-order valence-corrected chi connectivity index (χ1v) is 11.3. The zero-order chi connectivity index (χ0) is 19.9. The SMILES string of the molecule is O=S1(=O)c2ccccc2[C@@]2(CCN(Cc3cccnc3)C2)N1Cc1ccccc1. The van der Waals surface area contributed by atoms with Gasteiger partial charge in [-0.2, -0.15) is 4.31 Å². The van der Waals surface area contributed by atoms with E-state index in [4.69, 9.17) is 0 Å². The normalized spacial score (nSPS) is 23.4. The fourth-order valence-electron chi connectivity index (χ4n) is 4.72. The summed E-state index contributed by atoms with van der Waals surface area (Å²) in [5.41, 5.74) is 2.57. The molecular formula is C23H23N3O2S. The fraction of sp³-hybridized carbons (Fsp3) is 0.261. The largest absolute Gasteiger partial charge is 0.297 e. The number of fused-ring (bicyclic) bond motifs is 2. The predicted octanol–water partition coefficient (Wildman–Crippen LogP) is 3.39. The zero-order valence-corrected chi connectivity index (χ0v) is 16.9. The van der Waals surface area contributed by atoms with Crippen LogP contribution in [-0.2, 0) is 28.7 Å². The summed E-state index contributed by atoms with van der Waals surface area (Å²) in [6, 6.07) is 21.4. The first-order chi connectivity index (χ1) is 14.1. The highest BCUT2D eigenvalue weighted by Crippen LogP contribution is 2.50. The van der Waals surface area contributed by atoms with Crippen LogP contribution in [-0.4, -0.2) is 35.7 Å². The molecule has 6 heteroatoms. The maximum Gasteiger partial charge on any atom is 0.244 e. The van der Waals surface area contributed by atoms with Crippen LogP contribution >= 0.6 is 0 Å². The lowest BCUT2D eigenvalue weighted by molar-refractivity contribution is 0.184. The van der Waals surface area contributed by atoms with Crippen LogP contribution < -0.4 is 0 Å². The minimum Gasteiger partial charge on any atom is -0.297 e. The summed E-state index contributed by atoms with van der Waals surface area (Å²) in [7, 11) is -3.54. The van der Waals surface area contributed by atoms with E-state index in [1.165, 1.54) is 0 Å². The van der Waals surface area contributed by atoms with Crippen molar-refractivity contribution in [3.63, 3.8) is 0 Å². The van der Waals surface area contributed by atoms with E-state index >= 15 is 0 Å². The molecule has 1 saturated heterocycles. The van der Waals surface area contributed by atoms with E-state index in [0.717, 1.165) is 36.2 Å². The summed E-state index contributed by atoms with van der Waals surface area (Å²) < 4.78 is 28.8. The first-order valence-electron chi connectivity index (χ1n) is 9.87. The van der Waals surface area contributed by atoms with Crippen molar-refractivity contribution in [2.75, 3.05) is 13.1 Å². The Morgan fingerprint density at radius 1 is 0.897 bits per heavy atom. The van der Waals surface area contributed by atoms with E-state index in [1.807, 2.05) is 60.8 Å². The number of likely N-dealkylation sites (tertiary alicyclic amines) is 1. The maximum atomic E-state index is 13.5. The zero-order valence-electron chi connectivity index (χ0n) is 16.1. The monoisotopic (exact) mass is 405 g/mol. The van der Waals surface area contributed by atoms with Crippen molar-refractivity contribution in [1.82, 2.24) is 14.2 Å². The number of pyridine rings is 1. The van der Waals surface area contributed by atoms with Crippen molar-refractivity contribution in [1.29, 1.82) is 0 Å². The van der Waals surface area contributed by atoms with Gasteiger partial charge in [-0.15, -0.1) is 0 Å². The second-order valence-corrected chi connectivity index (χ2v) is 9.68.